The molecule has 2 aliphatic carbocycles. The van der Waals surface area contributed by atoms with Crippen LogP contribution in [0.25, 0.3) is 0 Å². The number of thiazole rings is 1. The summed E-state index contributed by atoms with van der Waals surface area (Å²) in [5.74, 6) is -0.448. The summed E-state index contributed by atoms with van der Waals surface area (Å²) in [4.78, 5) is 42.6. The number of carbonyl (C=O) groups is 2. The lowest BCUT2D eigenvalue weighted by Crippen LogP contribution is -2.48. The van der Waals surface area contributed by atoms with Gasteiger partial charge in [0.05, 0.1) is 23.1 Å². The fourth-order valence-corrected chi connectivity index (χ4v) is 9.70. The molecule has 2 amide bonds. The Morgan fingerprint density at radius 3 is 2.52 bits per heavy atom. The van der Waals surface area contributed by atoms with Gasteiger partial charge in [-0.1, -0.05) is 48.9 Å². The molecule has 1 saturated heterocycles. The maximum absolute atomic E-state index is 13.3. The number of imide groups is 1. The maximum atomic E-state index is 13.3. The van der Waals surface area contributed by atoms with Crippen molar-refractivity contribution < 1.29 is 9.59 Å². The molecule has 2 bridgehead atoms. The van der Waals surface area contributed by atoms with E-state index >= 15 is 0 Å². The van der Waals surface area contributed by atoms with Crippen molar-refractivity contribution in [2.45, 2.75) is 36.0 Å². The predicted octanol–water partition coefficient (Wildman–Crippen LogP) is 3.74. The Morgan fingerprint density at radius 1 is 1.13 bits per heavy atom. The fourth-order valence-electron chi connectivity index (χ4n) is 6.43. The van der Waals surface area contributed by atoms with Crippen molar-refractivity contribution in [2.75, 3.05) is 0 Å². The van der Waals surface area contributed by atoms with E-state index in [2.05, 4.69) is 23.9 Å². The number of carbonyl (C=O) groups excluding carboxylic acids is 2. The van der Waals surface area contributed by atoms with E-state index in [0.29, 0.717) is 5.02 Å². The largest absolute Gasteiger partial charge is 0.307 e. The Bertz CT molecular complexity index is 1200. The van der Waals surface area contributed by atoms with Crippen molar-refractivity contribution in [1.29, 1.82) is 0 Å². The Labute approximate surface area is 192 Å². The van der Waals surface area contributed by atoms with Crippen LogP contribution < -0.4 is 4.87 Å². The van der Waals surface area contributed by atoms with Gasteiger partial charge >= 0.3 is 4.87 Å². The van der Waals surface area contributed by atoms with Gasteiger partial charge in [0.2, 0.25) is 0 Å². The van der Waals surface area contributed by atoms with Crippen LogP contribution in [0, 0.1) is 29.6 Å². The molecule has 1 aromatic carbocycles. The number of nitrogens with one attached hydrogen (secondary N) is 1. The maximum Gasteiger partial charge on any atom is 0.305 e. The van der Waals surface area contributed by atoms with Gasteiger partial charge in [0.15, 0.2) is 0 Å². The monoisotopic (exact) mass is 473 g/mol. The van der Waals surface area contributed by atoms with Crippen molar-refractivity contribution in [3.8, 4) is 0 Å². The number of halogens is 1. The molecule has 0 unspecified atom stereocenters. The van der Waals surface area contributed by atoms with Crippen LogP contribution in [-0.4, -0.2) is 33.3 Å². The molecule has 1 aromatic heterocycles. The average Bonchev–Trinajstić information content (AvgIpc) is 3.44. The Hall–Kier alpha value is -1.90. The standard InChI is InChI=1S/C22H20ClN3O3S2/c1-22(2)15-11-7-12(16(15)30-18-17(22)31-21(29)25-18)14-13(11)19(27)26(20(14)28)24-8-9-3-5-10(23)6-4-9/h3-6,8,11-16H,7H2,1-2H3,(H,25,29)/b24-8-/t11-,12-,13+,14-,15-,16-/m0/s1. The first-order valence-corrected chi connectivity index (χ1v) is 12.4. The van der Waals surface area contributed by atoms with Crippen LogP contribution in [-0.2, 0) is 15.0 Å². The second-order valence-corrected chi connectivity index (χ2v) is 12.0. The molecule has 1 N–H and O–H groups in total. The van der Waals surface area contributed by atoms with E-state index in [9.17, 15) is 14.4 Å². The summed E-state index contributed by atoms with van der Waals surface area (Å²) in [6.07, 6.45) is 2.44. The SMILES string of the molecule is CC1(C)c2sc(=O)[nH]c2S[C@H]2[C@H]3C[C@@H]([C@H]4C(=O)N(/N=C\c5ccc(Cl)cc5)C(=O)[C@@H]34)[C@@H]21. The van der Waals surface area contributed by atoms with Crippen LogP contribution in [0.15, 0.2) is 39.2 Å². The summed E-state index contributed by atoms with van der Waals surface area (Å²) < 4.78 is 0. The number of aromatic nitrogens is 1. The van der Waals surface area contributed by atoms with Gasteiger partial charge in [-0.25, -0.2) is 0 Å². The third-order valence-electron chi connectivity index (χ3n) is 7.56. The molecule has 2 saturated carbocycles. The van der Waals surface area contributed by atoms with Crippen LogP contribution in [0.1, 0.15) is 30.7 Å². The highest BCUT2D eigenvalue weighted by Gasteiger charge is 2.71. The molecule has 31 heavy (non-hydrogen) atoms. The molecule has 2 aliphatic heterocycles. The number of nitrogens with zero attached hydrogens (tertiary/aromatic N) is 2. The second kappa shape index (κ2) is 6.56. The molecule has 2 aromatic rings. The summed E-state index contributed by atoms with van der Waals surface area (Å²) in [5.41, 5.74) is 0.576. The van der Waals surface area contributed by atoms with Gasteiger partial charge in [-0.05, 0) is 41.9 Å². The number of rotatable bonds is 2. The predicted molar refractivity (Wildman–Crippen MR) is 121 cm³/mol. The van der Waals surface area contributed by atoms with Crippen LogP contribution in [0.3, 0.4) is 0 Å². The van der Waals surface area contributed by atoms with E-state index in [1.165, 1.54) is 11.3 Å². The van der Waals surface area contributed by atoms with Gasteiger partial charge in [-0.3, -0.25) is 14.4 Å². The minimum absolute atomic E-state index is 0.0343. The first-order valence-electron chi connectivity index (χ1n) is 10.3. The second-order valence-electron chi connectivity index (χ2n) is 9.40. The third-order valence-corrected chi connectivity index (χ3v) is 10.6. The van der Waals surface area contributed by atoms with E-state index in [-0.39, 0.29) is 56.9 Å². The van der Waals surface area contributed by atoms with Crippen molar-refractivity contribution >= 4 is 52.7 Å². The number of hydrogen-bond acceptors (Lipinski definition) is 6. The van der Waals surface area contributed by atoms with E-state index in [0.717, 1.165) is 26.9 Å². The van der Waals surface area contributed by atoms with Gasteiger partial charge in [0.25, 0.3) is 11.8 Å². The molecule has 160 valence electrons. The van der Waals surface area contributed by atoms with Crippen LogP contribution in [0.5, 0.6) is 0 Å². The van der Waals surface area contributed by atoms with Crippen molar-refractivity contribution in [3.63, 3.8) is 0 Å². The zero-order chi connectivity index (χ0) is 21.7. The summed E-state index contributed by atoms with van der Waals surface area (Å²) >= 11 is 8.90. The highest BCUT2D eigenvalue weighted by molar-refractivity contribution is 8.00. The topological polar surface area (TPSA) is 82.6 Å². The highest BCUT2D eigenvalue weighted by Crippen LogP contribution is 2.68. The quantitative estimate of drug-likeness (QED) is 0.532. The molecule has 4 aliphatic rings. The molecule has 3 fully saturated rings. The van der Waals surface area contributed by atoms with Gasteiger partial charge in [-0.2, -0.15) is 10.1 Å². The lowest BCUT2D eigenvalue weighted by atomic mass is 9.64. The molecule has 0 spiro atoms. The van der Waals surface area contributed by atoms with Gasteiger partial charge in [0, 0.05) is 20.6 Å². The van der Waals surface area contributed by atoms with Crippen LogP contribution >= 0.6 is 34.7 Å². The molecular weight excluding hydrogens is 454 g/mol. The van der Waals surface area contributed by atoms with Gasteiger partial charge in [-0.15, -0.1) is 11.8 Å². The molecule has 6 atom stereocenters. The first kappa shape index (κ1) is 19.8. The van der Waals surface area contributed by atoms with Crippen molar-refractivity contribution in [1.82, 2.24) is 9.99 Å². The van der Waals surface area contributed by atoms with Gasteiger partial charge < -0.3 is 4.98 Å². The Morgan fingerprint density at radius 2 is 1.81 bits per heavy atom. The number of amides is 2. The minimum Gasteiger partial charge on any atom is -0.307 e. The smallest absolute Gasteiger partial charge is 0.305 e. The van der Waals surface area contributed by atoms with E-state index in [4.69, 9.17) is 11.6 Å². The molecule has 9 heteroatoms. The molecule has 6 rings (SSSR count). The Kier molecular flexibility index (Phi) is 4.18. The van der Waals surface area contributed by atoms with E-state index in [1.54, 1.807) is 42.2 Å². The third kappa shape index (κ3) is 2.64. The number of aromatic amines is 1. The number of fused-ring (bicyclic) bond motifs is 9. The number of hydrazone groups is 1. The average molecular weight is 474 g/mol. The number of H-pyrrole nitrogens is 1. The lowest BCUT2D eigenvalue weighted by molar-refractivity contribution is -0.140. The first-order chi connectivity index (χ1) is 14.8. The zero-order valence-electron chi connectivity index (χ0n) is 16.9. The lowest BCUT2D eigenvalue weighted by Gasteiger charge is -2.47. The number of benzene rings is 1. The van der Waals surface area contributed by atoms with Crippen LogP contribution in [0.2, 0.25) is 5.02 Å². The highest BCUT2D eigenvalue weighted by atomic mass is 35.5. The van der Waals surface area contributed by atoms with Crippen molar-refractivity contribution in [2.24, 2.45) is 34.7 Å². The summed E-state index contributed by atoms with van der Waals surface area (Å²) in [5, 5.41) is 7.16. The zero-order valence-corrected chi connectivity index (χ0v) is 19.3. The normalized spacial score (nSPS) is 35.0. The minimum atomic E-state index is -0.309. The molecule has 0 radical (unpaired) electrons. The van der Waals surface area contributed by atoms with Gasteiger partial charge in [0.1, 0.15) is 0 Å². The number of thioether (sulfide) groups is 1. The summed E-state index contributed by atoms with van der Waals surface area (Å²) in [6.45, 7) is 4.36. The van der Waals surface area contributed by atoms with Crippen LogP contribution in [0.4, 0.5) is 0 Å². The molecule has 3 heterocycles. The van der Waals surface area contributed by atoms with E-state index < -0.39 is 0 Å². The number of hydrogen-bond donors (Lipinski definition) is 1. The van der Waals surface area contributed by atoms with Crippen molar-refractivity contribution in [3.05, 3.63) is 49.4 Å². The summed E-state index contributed by atoms with van der Waals surface area (Å²) in [6, 6.07) is 7.10. The molecular formula is C22H20ClN3O3S2. The van der Waals surface area contributed by atoms with E-state index in [1.807, 2.05) is 0 Å². The fraction of sp³-hybridized carbons (Fsp3) is 0.455. The molecule has 6 nitrogen and oxygen atoms in total. The summed E-state index contributed by atoms with van der Waals surface area (Å²) in [7, 11) is 0. The Balaban J connectivity index is 1.33.